The van der Waals surface area contributed by atoms with Crippen LogP contribution >= 0.6 is 26.2 Å². The molecule has 4 aromatic heterocycles. The summed E-state index contributed by atoms with van der Waals surface area (Å²) in [5.74, 6) is 0.0335. The van der Waals surface area contributed by atoms with E-state index in [1.807, 2.05) is 0 Å². The Hall–Kier alpha value is -2.68. The number of H-pyrrole nitrogens is 1. The van der Waals surface area contributed by atoms with Gasteiger partial charge in [0.15, 0.2) is 29.7 Å². The molecule has 6 heterocycles. The van der Waals surface area contributed by atoms with Gasteiger partial charge in [-0.25, -0.2) is 19.3 Å². The number of aromatic nitrogens is 7. The largest absolute Gasteiger partial charge is 0.582 e. The molecule has 18 nitrogen and oxygen atoms in total. The molecule has 0 aliphatic carbocycles. The van der Waals surface area contributed by atoms with Crippen molar-refractivity contribution >= 4 is 72.0 Å². The number of nitrogens with two attached hydrogens (primary N) is 2. The Labute approximate surface area is 257 Å². The van der Waals surface area contributed by atoms with Crippen molar-refractivity contribution in [1.29, 1.82) is 0 Å². The number of ether oxygens (including phenoxy) is 2. The smallest absolute Gasteiger partial charge is 0.394 e. The van der Waals surface area contributed by atoms with Gasteiger partial charge in [0, 0.05) is 6.20 Å². The Kier molecular flexibility index (Phi) is 8.72. The van der Waals surface area contributed by atoms with E-state index in [9.17, 15) is 19.4 Å². The molecule has 0 aromatic carbocycles. The number of hydrogen-bond donors (Lipinski definition) is 6. The maximum Gasteiger partial charge on any atom is 0.582 e. The van der Waals surface area contributed by atoms with Gasteiger partial charge in [0.1, 0.15) is 48.4 Å². The van der Waals surface area contributed by atoms with Crippen LogP contribution in [0.25, 0.3) is 22.2 Å². The molecule has 4 aromatic rings. The van der Waals surface area contributed by atoms with E-state index in [0.717, 1.165) is 6.33 Å². The zero-order chi connectivity index (χ0) is 31.3. The topological polar surface area (TPSA) is 250 Å². The summed E-state index contributed by atoms with van der Waals surface area (Å²) in [6, 6.07) is 1.15. The molecule has 2 aliphatic heterocycles. The zero-order valence-corrected chi connectivity index (χ0v) is 25.7. The van der Waals surface area contributed by atoms with Crippen LogP contribution in [0, 0.1) is 0 Å². The second-order valence-electron chi connectivity index (χ2n) is 9.77. The molecule has 0 bridgehead atoms. The first-order chi connectivity index (χ1) is 21.0. The molecule has 2 fully saturated rings. The molecule has 0 radical (unpaired) electrons. The van der Waals surface area contributed by atoms with Gasteiger partial charge in [-0.3, -0.25) is 18.9 Å². The highest BCUT2D eigenvalue weighted by molar-refractivity contribution is 8.39. The molecule has 7 N–H and O–H groups in total. The predicted molar refractivity (Wildman–Crippen MR) is 158 cm³/mol. The summed E-state index contributed by atoms with van der Waals surface area (Å²) >= 11 is 9.07. The van der Waals surface area contributed by atoms with Crippen molar-refractivity contribution in [2.24, 2.45) is 0 Å². The monoisotopic (exact) mass is 692 g/mol. The maximum absolute atomic E-state index is 15.4. The molecular weight excluding hydrogens is 667 g/mol. The second-order valence-corrected chi connectivity index (χ2v) is 14.2. The Morgan fingerprint density at radius 3 is 2.80 bits per heavy atom. The molecule has 236 valence electrons. The number of nitrogens with zero attached hydrogens (tertiary/aromatic N) is 6. The minimum absolute atomic E-state index is 0.0568. The summed E-state index contributed by atoms with van der Waals surface area (Å²) in [7, 11) is -2.41. The number of imidazole rings is 1. The zero-order valence-electron chi connectivity index (χ0n) is 22.2. The lowest BCUT2D eigenvalue weighted by molar-refractivity contribution is -0.0490. The number of anilines is 2. The number of aliphatic hydroxyl groups is 1. The van der Waals surface area contributed by atoms with Crippen LogP contribution < -0.4 is 17.0 Å². The molecule has 44 heavy (non-hydrogen) atoms. The first-order valence-electron chi connectivity index (χ1n) is 12.8. The number of hydrogen-bond acceptors (Lipinski definition) is 15. The lowest BCUT2D eigenvalue weighted by Gasteiger charge is -2.26. The van der Waals surface area contributed by atoms with Gasteiger partial charge in [0.2, 0.25) is 5.95 Å². The van der Waals surface area contributed by atoms with E-state index in [4.69, 9.17) is 46.3 Å². The Morgan fingerprint density at radius 1 is 1.25 bits per heavy atom. The van der Waals surface area contributed by atoms with E-state index in [1.54, 1.807) is 16.8 Å². The number of nitrogens with one attached hydrogen (secondary N) is 1. The fourth-order valence-corrected chi connectivity index (χ4v) is 7.42. The molecule has 0 amide bonds. The number of rotatable bonds is 10. The average molecular weight is 693 g/mol. The van der Waals surface area contributed by atoms with Crippen LogP contribution in [0.15, 0.2) is 29.7 Å². The molecule has 6 rings (SSSR count). The van der Waals surface area contributed by atoms with E-state index in [2.05, 4.69) is 37.2 Å². The number of alkyl halides is 1. The average Bonchev–Trinajstić information content (AvgIpc) is 3.73. The van der Waals surface area contributed by atoms with Crippen LogP contribution in [-0.2, 0) is 39.4 Å². The van der Waals surface area contributed by atoms with Crippen LogP contribution in [0.2, 0.25) is 0 Å². The number of aliphatic hydroxyl groups excluding tert-OH is 1. The van der Waals surface area contributed by atoms with Gasteiger partial charge in [0.05, 0.1) is 37.6 Å². The van der Waals surface area contributed by atoms with Gasteiger partial charge < -0.3 is 40.0 Å². The van der Waals surface area contributed by atoms with Crippen molar-refractivity contribution in [3.05, 3.63) is 35.3 Å². The minimum atomic E-state index is -4.26. The number of aromatic amines is 1. The quantitative estimate of drug-likeness (QED) is 0.0977. The van der Waals surface area contributed by atoms with Crippen molar-refractivity contribution in [1.82, 2.24) is 34.1 Å². The molecule has 9 unspecified atom stereocenters. The lowest BCUT2D eigenvalue weighted by Crippen LogP contribution is -2.34. The highest BCUT2D eigenvalue weighted by Crippen LogP contribution is 2.51. The van der Waals surface area contributed by atoms with Gasteiger partial charge in [-0.15, -0.1) is 4.52 Å². The molecule has 2 saturated heterocycles. The van der Waals surface area contributed by atoms with Crippen LogP contribution in [-0.4, -0.2) is 94.5 Å². The number of halogens is 1. The summed E-state index contributed by atoms with van der Waals surface area (Å²) in [4.78, 5) is 41.8. The predicted octanol–water partition coefficient (Wildman–Crippen LogP) is 0.488. The fourth-order valence-electron chi connectivity index (χ4n) is 5.20. The van der Waals surface area contributed by atoms with Gasteiger partial charge in [-0.2, -0.15) is 4.98 Å². The molecule has 9 atom stereocenters. The summed E-state index contributed by atoms with van der Waals surface area (Å²) in [5.41, 5.74) is 11.3. The standard InChI is InChI=1S/C21H24FN9O9P2S2/c22-12-10(3-32)38-20(31-7-27-13-18(31)28-21(24)29-19(13)33)15(12)40-42(35,44)37-5-11-14(39-41(34)43)9(4-36-11)30-2-1-8-16(23)25-6-26-17(8)30/h1-2,6-7,9-12,14-15,20,32H,3-5H2,(H6-,23,24,25,26,28,29,33,34,35,43,44)/p+1. The SMILES string of the molecule is Nc1nc2c(ncn2C2OC(CO)C(F)C2OP(O)(=S)OCC2OCC(n3ccc4c(N)ncnc43)C2O[P+](=O)S)c(=O)[nH]1. The van der Waals surface area contributed by atoms with E-state index >= 15 is 4.39 Å². The summed E-state index contributed by atoms with van der Waals surface area (Å²) in [5, 5.41) is 10.3. The van der Waals surface area contributed by atoms with Gasteiger partial charge in [0.25, 0.3) is 5.56 Å². The molecular formula is C21H25FN9O9P2S2+. The third-order valence-corrected chi connectivity index (χ3v) is 9.43. The van der Waals surface area contributed by atoms with Crippen LogP contribution in [0.3, 0.4) is 0 Å². The van der Waals surface area contributed by atoms with Crippen molar-refractivity contribution in [3.8, 4) is 0 Å². The minimum Gasteiger partial charge on any atom is -0.394 e. The molecule has 0 saturated carbocycles. The van der Waals surface area contributed by atoms with Gasteiger partial charge in [-0.1, -0.05) is 0 Å². The normalized spacial score (nSPS) is 29.0. The van der Waals surface area contributed by atoms with Crippen LogP contribution in [0.4, 0.5) is 16.2 Å². The molecule has 2 aliphatic rings. The van der Waals surface area contributed by atoms with Crippen molar-refractivity contribution in [2.45, 2.75) is 42.9 Å². The highest BCUT2D eigenvalue weighted by atomic mass is 32.7. The molecule has 23 heteroatoms. The summed E-state index contributed by atoms with van der Waals surface area (Å²) in [6.07, 6.45) is -4.08. The van der Waals surface area contributed by atoms with E-state index in [-0.39, 0.29) is 29.5 Å². The van der Waals surface area contributed by atoms with E-state index in [1.165, 1.54) is 10.9 Å². The summed E-state index contributed by atoms with van der Waals surface area (Å²) < 4.78 is 58.5. The maximum atomic E-state index is 15.4. The Bertz CT molecular complexity index is 1830. The fraction of sp³-hybridized carbons (Fsp3) is 0.476. The van der Waals surface area contributed by atoms with E-state index < -0.39 is 75.6 Å². The van der Waals surface area contributed by atoms with Crippen molar-refractivity contribution in [2.75, 3.05) is 31.3 Å². The summed E-state index contributed by atoms with van der Waals surface area (Å²) in [6.45, 7) is -5.35. The first kappa shape index (κ1) is 31.3. The number of thiol groups is 1. The second kappa shape index (κ2) is 12.3. The first-order valence-corrected chi connectivity index (χ1v) is 17.7. The van der Waals surface area contributed by atoms with Crippen LogP contribution in [0.1, 0.15) is 12.3 Å². The third-order valence-electron chi connectivity index (χ3n) is 7.16. The van der Waals surface area contributed by atoms with Crippen molar-refractivity contribution in [3.63, 3.8) is 0 Å². The molecule has 0 spiro atoms. The van der Waals surface area contributed by atoms with Gasteiger partial charge in [-0.05, 0) is 22.4 Å². The highest BCUT2D eigenvalue weighted by Gasteiger charge is 2.50. The Morgan fingerprint density at radius 2 is 2.05 bits per heavy atom. The Balaban J connectivity index is 1.21. The van der Waals surface area contributed by atoms with Crippen molar-refractivity contribution < 1.29 is 42.0 Å². The third kappa shape index (κ3) is 5.85. The number of fused-ring (bicyclic) bond motifs is 2. The lowest BCUT2D eigenvalue weighted by atomic mass is 10.1. The number of nitrogen functional groups attached to an aromatic ring is 2. The van der Waals surface area contributed by atoms with Crippen LogP contribution in [0.5, 0.6) is 0 Å². The van der Waals surface area contributed by atoms with E-state index in [0.29, 0.717) is 11.0 Å². The van der Waals surface area contributed by atoms with Gasteiger partial charge >= 0.3 is 13.9 Å².